The second-order valence-electron chi connectivity index (χ2n) is 1.89. The quantitative estimate of drug-likeness (QED) is 0.620. The molecule has 2 N–H and O–H groups in total. The molecule has 1 aromatic heterocycles. The van der Waals surface area contributed by atoms with Gasteiger partial charge in [0.2, 0.25) is 0 Å². The average Bonchev–Trinajstić information content (AvgIpc) is 2.50. The molecule has 0 bridgehead atoms. The van der Waals surface area contributed by atoms with E-state index in [0.29, 0.717) is 11.4 Å². The van der Waals surface area contributed by atoms with Crippen molar-refractivity contribution in [3.05, 3.63) is 11.9 Å². The first kappa shape index (κ1) is 7.59. The highest BCUT2D eigenvalue weighted by Gasteiger charge is 2.11. The number of hydrogen-bond donors (Lipinski definition) is 2. The van der Waals surface area contributed by atoms with Gasteiger partial charge < -0.3 is 10.1 Å². The van der Waals surface area contributed by atoms with E-state index >= 15 is 0 Å². The summed E-state index contributed by atoms with van der Waals surface area (Å²) in [7, 11) is 3.03. The Kier molecular flexibility index (Phi) is 2.10. The van der Waals surface area contributed by atoms with Crippen molar-refractivity contribution in [2.45, 2.75) is 0 Å². The van der Waals surface area contributed by atoms with E-state index in [1.54, 1.807) is 7.05 Å². The third-order valence-electron chi connectivity index (χ3n) is 1.28. The fourth-order valence-electron chi connectivity index (χ4n) is 0.718. The molecule has 0 aliphatic carbocycles. The second-order valence-corrected chi connectivity index (χ2v) is 1.89. The van der Waals surface area contributed by atoms with Gasteiger partial charge in [0.1, 0.15) is 0 Å². The lowest BCUT2D eigenvalue weighted by molar-refractivity contribution is 0.0955. The van der Waals surface area contributed by atoms with Crippen molar-refractivity contribution in [2.24, 2.45) is 0 Å². The summed E-state index contributed by atoms with van der Waals surface area (Å²) in [6.45, 7) is 0. The molecule has 11 heavy (non-hydrogen) atoms. The summed E-state index contributed by atoms with van der Waals surface area (Å²) < 4.78 is 4.85. The van der Waals surface area contributed by atoms with Crippen LogP contribution in [0.1, 0.15) is 10.5 Å². The van der Waals surface area contributed by atoms with Gasteiger partial charge in [-0.15, -0.1) is 0 Å². The number of carbonyl (C=O) groups excluding carboxylic acids is 1. The largest absolute Gasteiger partial charge is 0.493 e. The Morgan fingerprint density at radius 2 is 2.55 bits per heavy atom. The smallest absolute Gasteiger partial charge is 0.272 e. The minimum atomic E-state index is -0.237. The van der Waals surface area contributed by atoms with Gasteiger partial charge in [0, 0.05) is 7.05 Å². The van der Waals surface area contributed by atoms with E-state index in [0.717, 1.165) is 0 Å². The molecule has 5 heteroatoms. The summed E-state index contributed by atoms with van der Waals surface area (Å²) in [5, 5.41) is 8.62. The number of rotatable bonds is 2. The van der Waals surface area contributed by atoms with Crippen molar-refractivity contribution in [1.82, 2.24) is 15.5 Å². The monoisotopic (exact) mass is 155 g/mol. The van der Waals surface area contributed by atoms with E-state index in [1.165, 1.54) is 13.3 Å². The number of aromatic nitrogens is 2. The lowest BCUT2D eigenvalue weighted by Crippen LogP contribution is -2.18. The molecule has 5 nitrogen and oxygen atoms in total. The molecule has 0 aliphatic heterocycles. The first-order valence-corrected chi connectivity index (χ1v) is 3.09. The van der Waals surface area contributed by atoms with Crippen molar-refractivity contribution in [2.75, 3.05) is 14.2 Å². The van der Waals surface area contributed by atoms with Crippen LogP contribution in [0.2, 0.25) is 0 Å². The molecule has 0 saturated heterocycles. The third kappa shape index (κ3) is 1.31. The van der Waals surface area contributed by atoms with Crippen molar-refractivity contribution in [3.8, 4) is 5.75 Å². The molecule has 0 aliphatic rings. The number of hydrogen-bond acceptors (Lipinski definition) is 3. The Morgan fingerprint density at radius 1 is 1.82 bits per heavy atom. The van der Waals surface area contributed by atoms with Gasteiger partial charge in [0.15, 0.2) is 11.4 Å². The molecular weight excluding hydrogens is 146 g/mol. The van der Waals surface area contributed by atoms with Gasteiger partial charge >= 0.3 is 0 Å². The van der Waals surface area contributed by atoms with Crippen LogP contribution in [0.25, 0.3) is 0 Å². The molecule has 0 spiro atoms. The van der Waals surface area contributed by atoms with Crippen LogP contribution < -0.4 is 10.1 Å². The summed E-state index contributed by atoms with van der Waals surface area (Å²) >= 11 is 0. The van der Waals surface area contributed by atoms with Crippen LogP contribution in [-0.2, 0) is 0 Å². The van der Waals surface area contributed by atoms with Gasteiger partial charge in [-0.1, -0.05) is 0 Å². The van der Waals surface area contributed by atoms with E-state index < -0.39 is 0 Å². The highest BCUT2D eigenvalue weighted by molar-refractivity contribution is 5.94. The highest BCUT2D eigenvalue weighted by Crippen LogP contribution is 2.12. The summed E-state index contributed by atoms with van der Waals surface area (Å²) in [5.74, 6) is 0.212. The van der Waals surface area contributed by atoms with E-state index in [2.05, 4.69) is 15.5 Å². The van der Waals surface area contributed by atoms with Crippen molar-refractivity contribution in [3.63, 3.8) is 0 Å². The highest BCUT2D eigenvalue weighted by atomic mass is 16.5. The van der Waals surface area contributed by atoms with Crippen LogP contribution >= 0.6 is 0 Å². The topological polar surface area (TPSA) is 67.0 Å². The number of methoxy groups -OCH3 is 1. The van der Waals surface area contributed by atoms with Gasteiger partial charge in [-0.2, -0.15) is 5.10 Å². The first-order valence-electron chi connectivity index (χ1n) is 3.09. The zero-order valence-electron chi connectivity index (χ0n) is 6.34. The van der Waals surface area contributed by atoms with E-state index in [-0.39, 0.29) is 5.91 Å². The van der Waals surface area contributed by atoms with Crippen LogP contribution in [0.5, 0.6) is 5.75 Å². The SMILES string of the molecule is CNC(=O)c1[nH]ncc1OC. The van der Waals surface area contributed by atoms with Gasteiger partial charge in [-0.25, -0.2) is 0 Å². The Morgan fingerprint density at radius 3 is 3.09 bits per heavy atom. The summed E-state index contributed by atoms with van der Waals surface area (Å²) in [5.41, 5.74) is 0.343. The lowest BCUT2D eigenvalue weighted by Gasteiger charge is -1.98. The Labute approximate surface area is 63.7 Å². The first-order chi connectivity index (χ1) is 5.29. The predicted molar refractivity (Wildman–Crippen MR) is 38.5 cm³/mol. The molecule has 60 valence electrons. The van der Waals surface area contributed by atoms with Gasteiger partial charge in [0.05, 0.1) is 13.3 Å². The van der Waals surface area contributed by atoms with Crippen LogP contribution in [-0.4, -0.2) is 30.3 Å². The van der Waals surface area contributed by atoms with Gasteiger partial charge in [0.25, 0.3) is 5.91 Å². The number of ether oxygens (including phenoxy) is 1. The van der Waals surface area contributed by atoms with Crippen LogP contribution in [0.3, 0.4) is 0 Å². The van der Waals surface area contributed by atoms with E-state index in [4.69, 9.17) is 4.74 Å². The Hall–Kier alpha value is -1.52. The molecule has 1 amide bonds. The minimum Gasteiger partial charge on any atom is -0.493 e. The van der Waals surface area contributed by atoms with Gasteiger partial charge in [-0.05, 0) is 0 Å². The van der Waals surface area contributed by atoms with Crippen LogP contribution in [0, 0.1) is 0 Å². The number of nitrogens with one attached hydrogen (secondary N) is 2. The predicted octanol–water partition coefficient (Wildman–Crippen LogP) is -0.222. The summed E-state index contributed by atoms with van der Waals surface area (Å²) in [6.07, 6.45) is 1.45. The van der Waals surface area contributed by atoms with Crippen LogP contribution in [0.15, 0.2) is 6.20 Å². The van der Waals surface area contributed by atoms with Crippen molar-refractivity contribution >= 4 is 5.91 Å². The molecule has 0 aromatic carbocycles. The van der Waals surface area contributed by atoms with Gasteiger partial charge in [-0.3, -0.25) is 9.89 Å². The van der Waals surface area contributed by atoms with Crippen LogP contribution in [0.4, 0.5) is 0 Å². The zero-order valence-corrected chi connectivity index (χ0v) is 6.34. The molecule has 0 unspecified atom stereocenters. The molecule has 0 saturated carbocycles. The van der Waals surface area contributed by atoms with E-state index in [1.807, 2.05) is 0 Å². The molecule has 0 radical (unpaired) electrons. The Bertz CT molecular complexity index is 256. The van der Waals surface area contributed by atoms with Crippen molar-refractivity contribution < 1.29 is 9.53 Å². The van der Waals surface area contributed by atoms with E-state index in [9.17, 15) is 4.79 Å². The minimum absolute atomic E-state index is 0.237. The zero-order chi connectivity index (χ0) is 8.27. The second kappa shape index (κ2) is 3.05. The molecule has 0 fully saturated rings. The standard InChI is InChI=1S/C6H9N3O2/c1-7-6(10)5-4(11-2)3-8-9-5/h3H,1-2H3,(H,7,10)(H,8,9). The fourth-order valence-corrected chi connectivity index (χ4v) is 0.718. The maximum atomic E-state index is 11.0. The summed E-state index contributed by atoms with van der Waals surface area (Å²) in [4.78, 5) is 11.0. The maximum absolute atomic E-state index is 11.0. The maximum Gasteiger partial charge on any atom is 0.272 e. The normalized spacial score (nSPS) is 9.27. The molecular formula is C6H9N3O2. The number of amides is 1. The fraction of sp³-hybridized carbons (Fsp3) is 0.333. The van der Waals surface area contributed by atoms with Crippen molar-refractivity contribution in [1.29, 1.82) is 0 Å². The number of H-pyrrole nitrogens is 1. The number of aromatic amines is 1. The number of nitrogens with zero attached hydrogens (tertiary/aromatic N) is 1. The molecule has 1 aromatic rings. The Balaban J connectivity index is 2.92. The number of carbonyl (C=O) groups is 1. The summed E-state index contributed by atoms with van der Waals surface area (Å²) in [6, 6.07) is 0. The molecule has 0 atom stereocenters. The average molecular weight is 155 g/mol. The molecule has 1 heterocycles. The molecule has 1 rings (SSSR count). The lowest BCUT2D eigenvalue weighted by atomic mass is 10.4. The third-order valence-corrected chi connectivity index (χ3v) is 1.28.